The van der Waals surface area contributed by atoms with E-state index in [9.17, 15) is 18.0 Å². The molecule has 0 radical (unpaired) electrons. The number of oxazole rings is 1. The van der Waals surface area contributed by atoms with Gasteiger partial charge in [-0.2, -0.15) is 13.2 Å². The van der Waals surface area contributed by atoms with Crippen LogP contribution >= 0.6 is 0 Å². The zero-order chi connectivity index (χ0) is 14.8. The van der Waals surface area contributed by atoms with Crippen LogP contribution in [0.2, 0.25) is 0 Å². The number of fused-ring (bicyclic) bond motifs is 1. The number of nitrogens with two attached hydrogens (primary N) is 1. The largest absolute Gasteiger partial charge is 0.417 e. The van der Waals surface area contributed by atoms with Gasteiger partial charge in [-0.3, -0.25) is 4.98 Å². The maximum absolute atomic E-state index is 12.0. The molecule has 0 aliphatic rings. The van der Waals surface area contributed by atoms with Gasteiger partial charge < -0.3 is 15.5 Å². The third-order valence-electron chi connectivity index (χ3n) is 2.79. The summed E-state index contributed by atoms with van der Waals surface area (Å²) in [6.45, 7) is 0.369. The van der Waals surface area contributed by atoms with Crippen LogP contribution in [0.15, 0.2) is 21.3 Å². The Morgan fingerprint density at radius 1 is 1.30 bits per heavy atom. The van der Waals surface area contributed by atoms with Crippen LogP contribution in [0.1, 0.15) is 19.3 Å². The Morgan fingerprint density at radius 3 is 2.75 bits per heavy atom. The highest BCUT2D eigenvalue weighted by Crippen LogP contribution is 2.25. The minimum Gasteiger partial charge on any atom is -0.408 e. The Kier molecular flexibility index (Phi) is 3.91. The van der Waals surface area contributed by atoms with Crippen molar-refractivity contribution in [2.24, 2.45) is 0 Å². The standard InChI is InChI=1S/C12H14F3N3O2/c13-12(14,15)3-1-2-4-17-8-6-9-10(5-7(8)16)20-11(19)18-9/h5-6,17H,1-4,16H2,(H,18,19). The molecule has 1 aromatic carbocycles. The summed E-state index contributed by atoms with van der Waals surface area (Å²) in [5.41, 5.74) is 7.52. The van der Waals surface area contributed by atoms with Gasteiger partial charge in [0, 0.05) is 19.0 Å². The summed E-state index contributed by atoms with van der Waals surface area (Å²) in [4.78, 5) is 13.5. The SMILES string of the molecule is Nc1cc2oc(=O)[nH]c2cc1NCCCCC(F)(F)F. The summed E-state index contributed by atoms with van der Waals surface area (Å²) in [6.07, 6.45) is -4.48. The third-order valence-corrected chi connectivity index (χ3v) is 2.79. The topological polar surface area (TPSA) is 84.0 Å². The van der Waals surface area contributed by atoms with Crippen molar-refractivity contribution in [3.05, 3.63) is 22.7 Å². The van der Waals surface area contributed by atoms with Crippen LogP contribution in [-0.2, 0) is 0 Å². The van der Waals surface area contributed by atoms with Gasteiger partial charge in [0.2, 0.25) is 0 Å². The molecule has 0 saturated heterocycles. The van der Waals surface area contributed by atoms with Crippen LogP contribution in [0.3, 0.4) is 0 Å². The number of rotatable bonds is 5. The first-order valence-corrected chi connectivity index (χ1v) is 6.08. The Morgan fingerprint density at radius 2 is 2.05 bits per heavy atom. The maximum atomic E-state index is 12.0. The molecule has 2 rings (SSSR count). The van der Waals surface area contributed by atoms with E-state index in [4.69, 9.17) is 10.2 Å². The van der Waals surface area contributed by atoms with Gasteiger partial charge in [-0.15, -0.1) is 0 Å². The maximum Gasteiger partial charge on any atom is 0.417 e. The Hall–Kier alpha value is -2.12. The third kappa shape index (κ3) is 3.69. The minimum atomic E-state index is -4.12. The predicted octanol–water partition coefficient (Wildman–Crippen LogP) is 2.85. The fraction of sp³-hybridized carbons (Fsp3) is 0.417. The number of hydrogen-bond donors (Lipinski definition) is 3. The second-order valence-electron chi connectivity index (χ2n) is 4.45. The highest BCUT2D eigenvalue weighted by molar-refractivity contribution is 5.85. The molecule has 0 aliphatic carbocycles. The van der Waals surface area contributed by atoms with Gasteiger partial charge in [0.1, 0.15) is 0 Å². The van der Waals surface area contributed by atoms with Crippen LogP contribution in [0.5, 0.6) is 0 Å². The Bertz CT molecular complexity index is 645. The number of alkyl halides is 3. The molecular weight excluding hydrogens is 275 g/mol. The van der Waals surface area contributed by atoms with Crippen LogP contribution in [-0.4, -0.2) is 17.7 Å². The number of halogens is 3. The molecule has 0 spiro atoms. The molecular formula is C12H14F3N3O2. The smallest absolute Gasteiger partial charge is 0.408 e. The number of anilines is 2. The van der Waals surface area contributed by atoms with Crippen molar-refractivity contribution >= 4 is 22.5 Å². The molecule has 0 aliphatic heterocycles. The van der Waals surface area contributed by atoms with Crippen molar-refractivity contribution in [1.82, 2.24) is 4.98 Å². The normalized spacial score (nSPS) is 11.9. The lowest BCUT2D eigenvalue weighted by atomic mass is 10.2. The molecule has 20 heavy (non-hydrogen) atoms. The number of nitrogens with one attached hydrogen (secondary N) is 2. The number of benzene rings is 1. The number of H-pyrrole nitrogens is 1. The molecule has 110 valence electrons. The van der Waals surface area contributed by atoms with Crippen LogP contribution in [0.4, 0.5) is 24.5 Å². The van der Waals surface area contributed by atoms with Gasteiger partial charge in [-0.25, -0.2) is 4.79 Å². The molecule has 0 atom stereocenters. The molecule has 4 N–H and O–H groups in total. The highest BCUT2D eigenvalue weighted by atomic mass is 19.4. The van der Waals surface area contributed by atoms with Gasteiger partial charge in [-0.05, 0) is 18.9 Å². The van der Waals surface area contributed by atoms with Crippen molar-refractivity contribution < 1.29 is 17.6 Å². The van der Waals surface area contributed by atoms with E-state index in [1.54, 1.807) is 6.07 Å². The fourth-order valence-electron chi connectivity index (χ4n) is 1.84. The summed E-state index contributed by atoms with van der Waals surface area (Å²) < 4.78 is 40.7. The second-order valence-corrected chi connectivity index (χ2v) is 4.45. The first kappa shape index (κ1) is 14.3. The Labute approximate surface area is 111 Å². The summed E-state index contributed by atoms with van der Waals surface area (Å²) in [5.74, 6) is -0.582. The van der Waals surface area contributed by atoms with Crippen LogP contribution < -0.4 is 16.8 Å². The minimum absolute atomic E-state index is 0.0567. The van der Waals surface area contributed by atoms with E-state index in [0.717, 1.165) is 0 Å². The van der Waals surface area contributed by atoms with Crippen molar-refractivity contribution in [1.29, 1.82) is 0 Å². The Balaban J connectivity index is 1.93. The molecule has 5 nitrogen and oxygen atoms in total. The molecule has 0 bridgehead atoms. The van der Waals surface area contributed by atoms with E-state index in [-0.39, 0.29) is 6.42 Å². The lowest BCUT2D eigenvalue weighted by molar-refractivity contribution is -0.135. The first-order valence-electron chi connectivity index (χ1n) is 6.08. The van der Waals surface area contributed by atoms with E-state index in [1.807, 2.05) is 0 Å². The van der Waals surface area contributed by atoms with Gasteiger partial charge >= 0.3 is 11.9 Å². The number of aromatic nitrogens is 1. The molecule has 1 heterocycles. The molecule has 8 heteroatoms. The van der Waals surface area contributed by atoms with Gasteiger partial charge in [0.25, 0.3) is 0 Å². The highest BCUT2D eigenvalue weighted by Gasteiger charge is 2.25. The number of nitrogen functional groups attached to an aromatic ring is 1. The fourth-order valence-corrected chi connectivity index (χ4v) is 1.84. The predicted molar refractivity (Wildman–Crippen MR) is 69.6 cm³/mol. The number of aromatic amines is 1. The van der Waals surface area contributed by atoms with Crippen molar-refractivity contribution in [2.75, 3.05) is 17.6 Å². The molecule has 1 aromatic heterocycles. The quantitative estimate of drug-likeness (QED) is 0.583. The average molecular weight is 289 g/mol. The molecule has 0 unspecified atom stereocenters. The van der Waals surface area contributed by atoms with Crippen LogP contribution in [0, 0.1) is 0 Å². The average Bonchev–Trinajstić information content (AvgIpc) is 2.66. The van der Waals surface area contributed by atoms with Crippen molar-refractivity contribution in [3.63, 3.8) is 0 Å². The first-order chi connectivity index (χ1) is 9.35. The van der Waals surface area contributed by atoms with E-state index < -0.39 is 18.4 Å². The number of hydrogen-bond acceptors (Lipinski definition) is 4. The van der Waals surface area contributed by atoms with Crippen molar-refractivity contribution in [2.45, 2.75) is 25.4 Å². The van der Waals surface area contributed by atoms with Crippen molar-refractivity contribution in [3.8, 4) is 0 Å². The van der Waals surface area contributed by atoms with Crippen LogP contribution in [0.25, 0.3) is 11.1 Å². The van der Waals surface area contributed by atoms with E-state index in [0.29, 0.717) is 35.4 Å². The van der Waals surface area contributed by atoms with E-state index in [1.165, 1.54) is 6.07 Å². The zero-order valence-corrected chi connectivity index (χ0v) is 10.5. The summed E-state index contributed by atoms with van der Waals surface area (Å²) >= 11 is 0. The zero-order valence-electron chi connectivity index (χ0n) is 10.5. The summed E-state index contributed by atoms with van der Waals surface area (Å²) in [7, 11) is 0. The lowest BCUT2D eigenvalue weighted by Crippen LogP contribution is -2.09. The second kappa shape index (κ2) is 5.48. The molecule has 0 amide bonds. The van der Waals surface area contributed by atoms with Gasteiger partial charge in [0.05, 0.1) is 16.9 Å². The molecule has 0 saturated carbocycles. The lowest BCUT2D eigenvalue weighted by Gasteiger charge is -2.10. The van der Waals surface area contributed by atoms with Gasteiger partial charge in [-0.1, -0.05) is 0 Å². The summed E-state index contributed by atoms with van der Waals surface area (Å²) in [5, 5.41) is 2.94. The van der Waals surface area contributed by atoms with Gasteiger partial charge in [0.15, 0.2) is 5.58 Å². The monoisotopic (exact) mass is 289 g/mol. The molecule has 2 aromatic rings. The van der Waals surface area contributed by atoms with E-state index in [2.05, 4.69) is 10.3 Å². The summed E-state index contributed by atoms with van der Waals surface area (Å²) in [6, 6.07) is 3.09. The number of unbranched alkanes of at least 4 members (excludes halogenated alkanes) is 1. The molecule has 0 fully saturated rings. The van der Waals surface area contributed by atoms with E-state index >= 15 is 0 Å².